The summed E-state index contributed by atoms with van der Waals surface area (Å²) in [4.78, 5) is 24.9. The molecule has 0 heterocycles. The van der Waals surface area contributed by atoms with Crippen molar-refractivity contribution in [2.24, 2.45) is 50.7 Å². The van der Waals surface area contributed by atoms with Crippen LogP contribution in [0, 0.1) is 50.7 Å². The molecule has 0 saturated heterocycles. The van der Waals surface area contributed by atoms with Gasteiger partial charge in [-0.15, -0.1) is 0 Å². The van der Waals surface area contributed by atoms with Crippen molar-refractivity contribution in [3.63, 3.8) is 0 Å². The number of carboxylic acids is 1. The van der Waals surface area contributed by atoms with Crippen molar-refractivity contribution >= 4 is 11.9 Å². The summed E-state index contributed by atoms with van der Waals surface area (Å²) in [5, 5.41) is 44.6. The van der Waals surface area contributed by atoms with E-state index in [0.717, 1.165) is 31.3 Å². The van der Waals surface area contributed by atoms with Gasteiger partial charge < -0.3 is 25.2 Å². The zero-order valence-corrected chi connectivity index (χ0v) is 24.9. The number of esters is 1. The van der Waals surface area contributed by atoms with E-state index in [0.29, 0.717) is 25.7 Å². The highest BCUT2D eigenvalue weighted by atomic mass is 16.6. The largest absolute Gasteiger partial charge is 0.481 e. The van der Waals surface area contributed by atoms with E-state index in [4.69, 9.17) is 4.74 Å². The van der Waals surface area contributed by atoms with Gasteiger partial charge in [-0.25, -0.2) is 0 Å². The van der Waals surface area contributed by atoms with E-state index < -0.39 is 46.5 Å². The smallest absolute Gasteiger partial charge is 0.310 e. The topological polar surface area (TPSA) is 124 Å². The molecule has 0 aromatic rings. The Morgan fingerprint density at radius 1 is 1.03 bits per heavy atom. The molecule has 7 heteroatoms. The van der Waals surface area contributed by atoms with E-state index in [2.05, 4.69) is 33.8 Å². The normalized spacial score (nSPS) is 54.8. The van der Waals surface area contributed by atoms with Gasteiger partial charge in [0.25, 0.3) is 0 Å². The number of hydrogen-bond acceptors (Lipinski definition) is 6. The highest BCUT2D eigenvalue weighted by Gasteiger charge is 2.72. The number of allylic oxidation sites excluding steroid dienone is 1. The van der Waals surface area contributed by atoms with Crippen molar-refractivity contribution in [2.45, 2.75) is 118 Å². The Bertz CT molecular complexity index is 1080. The molecule has 12 atom stereocenters. The van der Waals surface area contributed by atoms with E-state index >= 15 is 0 Å². The minimum Gasteiger partial charge on any atom is -0.481 e. The molecule has 0 amide bonds. The number of hydrogen-bond donors (Lipinski definition) is 4. The second-order valence-corrected chi connectivity index (χ2v) is 15.3. The van der Waals surface area contributed by atoms with Crippen molar-refractivity contribution in [1.29, 1.82) is 0 Å². The molecule has 4 N–H and O–H groups in total. The first-order chi connectivity index (χ1) is 18.0. The third-order valence-corrected chi connectivity index (χ3v) is 13.8. The van der Waals surface area contributed by atoms with Gasteiger partial charge in [0.1, 0.15) is 6.10 Å². The van der Waals surface area contributed by atoms with Gasteiger partial charge in [-0.05, 0) is 92.3 Å². The van der Waals surface area contributed by atoms with Crippen molar-refractivity contribution in [2.75, 3.05) is 6.61 Å². The average molecular weight is 547 g/mol. The Labute approximate surface area is 233 Å². The Morgan fingerprint density at radius 2 is 1.69 bits per heavy atom. The lowest BCUT2D eigenvalue weighted by molar-refractivity contribution is -0.252. The minimum atomic E-state index is -1.11. The van der Waals surface area contributed by atoms with Gasteiger partial charge in [0.05, 0.1) is 23.7 Å². The first-order valence-corrected chi connectivity index (χ1v) is 15.1. The molecular formula is C32H50O7. The standard InChI is InChI=1S/C32H50O7/c1-18-10-13-32(26(36)37)15-14-29(5)20(24(32)31(18,7)38)8-9-23-27(3)16-21(35)25(39-19(2)34)28(4,17-33)22(27)11-12-30(23,29)6/h8,18,21-25,33,35,38H,9-17H2,1-7H3,(H,36,37)/t18-,21+,22-,23-,24-,25+,27+,28+,29-,30-,31-,32+/m1/s1. The molecule has 0 bridgehead atoms. The molecule has 4 fully saturated rings. The number of ether oxygens (including phenoxy) is 1. The monoisotopic (exact) mass is 546 g/mol. The van der Waals surface area contributed by atoms with Gasteiger partial charge in [0.2, 0.25) is 0 Å². The van der Waals surface area contributed by atoms with Crippen LogP contribution in [0.15, 0.2) is 11.6 Å². The van der Waals surface area contributed by atoms with Crippen LogP contribution in [0.2, 0.25) is 0 Å². The maximum Gasteiger partial charge on any atom is 0.310 e. The third kappa shape index (κ3) is 3.51. The fourth-order valence-corrected chi connectivity index (χ4v) is 11.4. The average Bonchev–Trinajstić information content (AvgIpc) is 2.84. The molecule has 0 unspecified atom stereocenters. The summed E-state index contributed by atoms with van der Waals surface area (Å²) in [5.74, 6) is -1.40. The summed E-state index contributed by atoms with van der Waals surface area (Å²) in [6.45, 7) is 14.0. The maximum absolute atomic E-state index is 12.9. The number of carboxylic acid groups (broad SMARTS) is 1. The van der Waals surface area contributed by atoms with E-state index in [1.54, 1.807) is 0 Å². The molecular weight excluding hydrogens is 496 g/mol. The highest BCUT2D eigenvalue weighted by molar-refractivity contribution is 5.77. The number of fused-ring (bicyclic) bond motifs is 7. The fraction of sp³-hybridized carbons (Fsp3) is 0.875. The van der Waals surface area contributed by atoms with Gasteiger partial charge in [0, 0.05) is 18.3 Å². The summed E-state index contributed by atoms with van der Waals surface area (Å²) in [7, 11) is 0. The Balaban J connectivity index is 1.62. The van der Waals surface area contributed by atoms with Gasteiger partial charge in [-0.3, -0.25) is 9.59 Å². The van der Waals surface area contributed by atoms with Crippen LogP contribution in [0.4, 0.5) is 0 Å². The second kappa shape index (κ2) is 8.78. The first-order valence-electron chi connectivity index (χ1n) is 15.1. The van der Waals surface area contributed by atoms with Crippen LogP contribution in [0.3, 0.4) is 0 Å². The second-order valence-electron chi connectivity index (χ2n) is 15.3. The summed E-state index contributed by atoms with van der Waals surface area (Å²) < 4.78 is 5.65. The van der Waals surface area contributed by atoms with Gasteiger partial charge in [-0.1, -0.05) is 46.3 Å². The SMILES string of the molecule is CC(=O)O[C@H]1[C@@H](O)C[C@@]2(C)[C@@H](CC[C@]3(C)[C@@H]2CC=C2[C@H]4[C@](C(=O)O)(CC[C@@H](C)[C@@]4(C)O)CC[C@]23C)[C@]1(C)CO. The zero-order chi connectivity index (χ0) is 29.0. The molecule has 220 valence electrons. The number of carbonyl (C=O) groups is 2. The third-order valence-electron chi connectivity index (χ3n) is 13.8. The lowest BCUT2D eigenvalue weighted by Crippen LogP contribution is -2.69. The summed E-state index contributed by atoms with van der Waals surface area (Å²) in [6, 6.07) is 0. The first kappa shape index (κ1) is 29.1. The lowest BCUT2D eigenvalue weighted by Gasteiger charge is -2.72. The van der Waals surface area contributed by atoms with Crippen LogP contribution < -0.4 is 0 Å². The predicted molar refractivity (Wildman–Crippen MR) is 146 cm³/mol. The van der Waals surface area contributed by atoms with Gasteiger partial charge in [0.15, 0.2) is 0 Å². The number of aliphatic carboxylic acids is 1. The molecule has 0 aromatic carbocycles. The van der Waals surface area contributed by atoms with Crippen LogP contribution in [-0.4, -0.2) is 56.8 Å². The Hall–Kier alpha value is -1.44. The predicted octanol–water partition coefficient (Wildman–Crippen LogP) is 4.72. The molecule has 5 aliphatic rings. The van der Waals surface area contributed by atoms with Gasteiger partial charge in [-0.2, -0.15) is 0 Å². The van der Waals surface area contributed by atoms with E-state index in [-0.39, 0.29) is 40.6 Å². The molecule has 5 rings (SSSR count). The van der Waals surface area contributed by atoms with Crippen LogP contribution in [0.25, 0.3) is 0 Å². The summed E-state index contributed by atoms with van der Waals surface area (Å²) in [6.07, 6.45) is 6.22. The molecule has 0 aromatic heterocycles. The lowest BCUT2D eigenvalue weighted by atomic mass is 9.33. The minimum absolute atomic E-state index is 0.00831. The Morgan fingerprint density at radius 3 is 2.28 bits per heavy atom. The van der Waals surface area contributed by atoms with Gasteiger partial charge >= 0.3 is 11.9 Å². The molecule has 7 nitrogen and oxygen atoms in total. The molecule has 0 aliphatic heterocycles. The van der Waals surface area contributed by atoms with Crippen LogP contribution >= 0.6 is 0 Å². The quantitative estimate of drug-likeness (QED) is 0.298. The molecule has 4 saturated carbocycles. The maximum atomic E-state index is 12.9. The Kier molecular flexibility index (Phi) is 6.54. The van der Waals surface area contributed by atoms with Crippen molar-refractivity contribution in [3.05, 3.63) is 11.6 Å². The van der Waals surface area contributed by atoms with Crippen molar-refractivity contribution < 1.29 is 34.8 Å². The molecule has 39 heavy (non-hydrogen) atoms. The van der Waals surface area contributed by atoms with Crippen molar-refractivity contribution in [1.82, 2.24) is 0 Å². The number of carbonyl (C=O) groups excluding carboxylic acids is 1. The fourth-order valence-electron chi connectivity index (χ4n) is 11.4. The van der Waals surface area contributed by atoms with Crippen LogP contribution in [0.1, 0.15) is 99.8 Å². The summed E-state index contributed by atoms with van der Waals surface area (Å²) in [5.41, 5.74) is -2.46. The van der Waals surface area contributed by atoms with Crippen LogP contribution in [0.5, 0.6) is 0 Å². The number of rotatable bonds is 3. The molecule has 0 radical (unpaired) electrons. The summed E-state index contributed by atoms with van der Waals surface area (Å²) >= 11 is 0. The molecule has 0 spiro atoms. The number of aliphatic hydroxyl groups is 3. The molecule has 5 aliphatic carbocycles. The highest BCUT2D eigenvalue weighted by Crippen LogP contribution is 2.76. The van der Waals surface area contributed by atoms with E-state index in [1.165, 1.54) is 6.92 Å². The van der Waals surface area contributed by atoms with Crippen molar-refractivity contribution in [3.8, 4) is 0 Å². The number of aliphatic hydroxyl groups excluding tert-OH is 2. The van der Waals surface area contributed by atoms with Crippen LogP contribution in [-0.2, 0) is 14.3 Å². The van der Waals surface area contributed by atoms with E-state index in [9.17, 15) is 30.0 Å². The van der Waals surface area contributed by atoms with E-state index in [1.807, 2.05) is 13.8 Å². The zero-order valence-electron chi connectivity index (χ0n) is 24.9.